The van der Waals surface area contributed by atoms with Crippen molar-refractivity contribution in [1.29, 1.82) is 0 Å². The van der Waals surface area contributed by atoms with E-state index < -0.39 is 20.8 Å². The van der Waals surface area contributed by atoms with Crippen molar-refractivity contribution in [3.05, 3.63) is 65.2 Å². The summed E-state index contributed by atoms with van der Waals surface area (Å²) in [4.78, 5) is 0. The minimum atomic E-state index is -0.826. The average Bonchev–Trinajstić information content (AvgIpc) is 3.07. The second-order valence-corrected chi connectivity index (χ2v) is 10.6. The molecule has 0 aromatic heterocycles. The van der Waals surface area contributed by atoms with Crippen LogP contribution in [0.15, 0.2) is 48.5 Å². The van der Waals surface area contributed by atoms with Crippen LogP contribution in [-0.2, 0) is 27.3 Å². The van der Waals surface area contributed by atoms with Crippen LogP contribution in [0.3, 0.4) is 0 Å². The van der Waals surface area contributed by atoms with Crippen LogP contribution in [0.1, 0.15) is 56.2 Å². The van der Waals surface area contributed by atoms with Crippen molar-refractivity contribution >= 4 is 27.8 Å². The zero-order chi connectivity index (χ0) is 19.1. The zero-order valence-electron chi connectivity index (χ0n) is 16.1. The molecular formula is C23H27Cl2Zr-. The summed E-state index contributed by atoms with van der Waals surface area (Å²) in [6.07, 6.45) is 3.52. The quantitative estimate of drug-likeness (QED) is 0.332. The molecule has 0 aliphatic rings. The molecule has 3 rings (SSSR count). The third-order valence-electron chi connectivity index (χ3n) is 5.11. The predicted octanol–water partition coefficient (Wildman–Crippen LogP) is 8.38. The zero-order valence-corrected chi connectivity index (χ0v) is 20.0. The van der Waals surface area contributed by atoms with Gasteiger partial charge in [0.25, 0.3) is 0 Å². The molecule has 0 amide bonds. The van der Waals surface area contributed by atoms with Gasteiger partial charge < -0.3 is 0 Å². The van der Waals surface area contributed by atoms with Gasteiger partial charge in [0.1, 0.15) is 0 Å². The number of rotatable bonds is 5. The molecule has 0 saturated carbocycles. The van der Waals surface area contributed by atoms with Crippen molar-refractivity contribution in [2.75, 3.05) is 0 Å². The first-order chi connectivity index (χ1) is 12.6. The molecule has 0 fully saturated rings. The molecule has 3 aromatic carbocycles. The second-order valence-electron chi connectivity index (χ2n) is 6.84. The number of hydrogen-bond donors (Lipinski definition) is 0. The molecule has 0 aliphatic carbocycles. The van der Waals surface area contributed by atoms with Crippen molar-refractivity contribution in [2.45, 2.75) is 52.9 Å². The van der Waals surface area contributed by atoms with Gasteiger partial charge in [-0.1, -0.05) is 69.0 Å². The van der Waals surface area contributed by atoms with E-state index in [2.05, 4.69) is 76.2 Å². The molecule has 1 atom stereocenters. The molecule has 1 unspecified atom stereocenters. The van der Waals surface area contributed by atoms with Crippen molar-refractivity contribution in [2.24, 2.45) is 0 Å². The summed E-state index contributed by atoms with van der Waals surface area (Å²) in [5.41, 5.74) is 7.17. The van der Waals surface area contributed by atoms with Crippen LogP contribution in [0.4, 0.5) is 0 Å². The molecule has 0 bridgehead atoms. The van der Waals surface area contributed by atoms with E-state index in [-0.39, 0.29) is 0 Å². The topological polar surface area (TPSA) is 0 Å². The Morgan fingerprint density at radius 2 is 1.77 bits per heavy atom. The van der Waals surface area contributed by atoms with Gasteiger partial charge in [-0.25, -0.2) is 0 Å². The molecule has 3 heteroatoms. The summed E-state index contributed by atoms with van der Waals surface area (Å²) >= 11 is -0.826. The number of fused-ring (bicyclic) bond motifs is 1. The number of benzene rings is 2. The Labute approximate surface area is 176 Å². The van der Waals surface area contributed by atoms with E-state index >= 15 is 0 Å². The molecule has 0 spiro atoms. The summed E-state index contributed by atoms with van der Waals surface area (Å²) in [5.74, 6) is 0.627. The predicted molar refractivity (Wildman–Crippen MR) is 114 cm³/mol. The summed E-state index contributed by atoms with van der Waals surface area (Å²) in [6, 6.07) is 18.3. The number of aryl methyl sites for hydroxylation is 2. The third-order valence-corrected chi connectivity index (χ3v) is 5.11. The monoisotopic (exact) mass is 463 g/mol. The van der Waals surface area contributed by atoms with Crippen LogP contribution in [-0.4, -0.2) is 0 Å². The molecular weight excluding hydrogens is 438 g/mol. The Balaban J connectivity index is 0.000000758. The molecule has 0 saturated heterocycles. The van der Waals surface area contributed by atoms with Crippen molar-refractivity contribution < 1.29 is 20.8 Å². The maximum atomic E-state index is 4.93. The Morgan fingerprint density at radius 1 is 1.08 bits per heavy atom. The first kappa shape index (κ1) is 21.8. The fourth-order valence-electron chi connectivity index (χ4n) is 3.52. The Morgan fingerprint density at radius 3 is 2.38 bits per heavy atom. The molecule has 0 N–H and O–H groups in total. The SMILES string of the molecule is CCCc1ccc2[cH-]c(C(C)CC)cc2c1-c1ccccc1C.[Cl][Zr][Cl]. The van der Waals surface area contributed by atoms with E-state index in [1.165, 1.54) is 51.4 Å². The summed E-state index contributed by atoms with van der Waals surface area (Å²) in [5, 5.41) is 2.82. The summed E-state index contributed by atoms with van der Waals surface area (Å²) < 4.78 is 0. The van der Waals surface area contributed by atoms with Gasteiger partial charge in [0.2, 0.25) is 0 Å². The minimum absolute atomic E-state index is 0.627. The van der Waals surface area contributed by atoms with Crippen LogP contribution < -0.4 is 0 Å². The molecule has 0 aliphatic heterocycles. The summed E-state index contributed by atoms with van der Waals surface area (Å²) in [6.45, 7) is 9.09. The summed E-state index contributed by atoms with van der Waals surface area (Å²) in [7, 11) is 9.87. The van der Waals surface area contributed by atoms with Crippen molar-refractivity contribution in [1.82, 2.24) is 0 Å². The molecule has 138 valence electrons. The van der Waals surface area contributed by atoms with E-state index in [9.17, 15) is 0 Å². The van der Waals surface area contributed by atoms with E-state index in [1.807, 2.05) is 0 Å². The van der Waals surface area contributed by atoms with E-state index in [0.717, 1.165) is 6.42 Å². The molecule has 0 nitrogen and oxygen atoms in total. The van der Waals surface area contributed by atoms with E-state index in [0.29, 0.717) is 5.92 Å². The fourth-order valence-corrected chi connectivity index (χ4v) is 3.52. The first-order valence-corrected chi connectivity index (χ1v) is 15.6. The van der Waals surface area contributed by atoms with Gasteiger partial charge in [-0.3, -0.25) is 0 Å². The fraction of sp³-hybridized carbons (Fsp3) is 0.348. The Bertz CT molecular complexity index is 835. The van der Waals surface area contributed by atoms with Crippen LogP contribution in [0, 0.1) is 6.92 Å². The maximum absolute atomic E-state index is 4.93. The Kier molecular flexibility index (Phi) is 9.01. The van der Waals surface area contributed by atoms with Gasteiger partial charge in [0, 0.05) is 0 Å². The standard InChI is InChI=1S/C23H27.2ClH.Zr/c1-5-9-18-12-13-19-14-20(16(3)6-2)15-22(19)23(18)21-11-8-7-10-17(21)4;;;/h7-8,10-16H,5-6,9H2,1-4H3;2*1H;/q-1;;;+2/p-2. The molecule has 26 heavy (non-hydrogen) atoms. The normalized spacial score (nSPS) is 11.8. The van der Waals surface area contributed by atoms with Gasteiger partial charge >= 0.3 is 37.9 Å². The number of halogens is 2. The van der Waals surface area contributed by atoms with Crippen molar-refractivity contribution in [3.63, 3.8) is 0 Å². The molecule has 3 aromatic rings. The van der Waals surface area contributed by atoms with Gasteiger partial charge in [-0.05, 0) is 30.4 Å². The average molecular weight is 466 g/mol. The molecule has 0 radical (unpaired) electrons. The van der Waals surface area contributed by atoms with Crippen LogP contribution in [0.2, 0.25) is 0 Å². The first-order valence-electron chi connectivity index (χ1n) is 9.31. The van der Waals surface area contributed by atoms with Crippen LogP contribution >= 0.6 is 17.0 Å². The molecule has 0 heterocycles. The van der Waals surface area contributed by atoms with Crippen LogP contribution in [0.5, 0.6) is 0 Å². The second kappa shape index (κ2) is 10.7. The van der Waals surface area contributed by atoms with Gasteiger partial charge in [0.15, 0.2) is 0 Å². The Hall–Kier alpha value is -0.487. The van der Waals surface area contributed by atoms with Gasteiger partial charge in [-0.2, -0.15) is 6.07 Å². The van der Waals surface area contributed by atoms with Gasteiger partial charge in [-0.15, -0.1) is 34.5 Å². The van der Waals surface area contributed by atoms with Crippen LogP contribution in [0.25, 0.3) is 21.9 Å². The van der Waals surface area contributed by atoms with Crippen molar-refractivity contribution in [3.8, 4) is 11.1 Å². The van der Waals surface area contributed by atoms with E-state index in [4.69, 9.17) is 17.0 Å². The third kappa shape index (κ3) is 5.06. The number of hydrogen-bond acceptors (Lipinski definition) is 0. The van der Waals surface area contributed by atoms with Gasteiger partial charge in [0.05, 0.1) is 0 Å². The van der Waals surface area contributed by atoms with E-state index in [1.54, 1.807) is 0 Å².